The maximum absolute atomic E-state index is 12.5. The van der Waals surface area contributed by atoms with E-state index in [1.807, 2.05) is 27.7 Å². The molecule has 0 aromatic rings. The Morgan fingerprint density at radius 3 is 2.38 bits per heavy atom. The van der Waals surface area contributed by atoms with E-state index in [1.54, 1.807) is 4.90 Å². The summed E-state index contributed by atoms with van der Waals surface area (Å²) in [5.74, 6) is -0.0429. The highest BCUT2D eigenvalue weighted by Gasteiger charge is 2.45. The summed E-state index contributed by atoms with van der Waals surface area (Å²) in [5.41, 5.74) is -0.290. The van der Waals surface area contributed by atoms with Gasteiger partial charge >= 0.3 is 0 Å². The van der Waals surface area contributed by atoms with E-state index in [9.17, 15) is 9.59 Å². The number of carbonyl (C=O) groups excluding carboxylic acids is 2. The number of nitrogens with zero attached hydrogens (tertiary/aromatic N) is 1. The lowest BCUT2D eigenvalue weighted by Crippen LogP contribution is -2.67. The topological polar surface area (TPSA) is 58.6 Å². The van der Waals surface area contributed by atoms with Gasteiger partial charge in [-0.1, -0.05) is 41.0 Å². The van der Waals surface area contributed by atoms with E-state index in [1.165, 1.54) is 0 Å². The molecule has 1 rings (SSSR count). The highest BCUT2D eigenvalue weighted by atomic mass is 16.5. The molecule has 0 radical (unpaired) electrons. The molecule has 5 nitrogen and oxygen atoms in total. The lowest BCUT2D eigenvalue weighted by Gasteiger charge is -2.44. The van der Waals surface area contributed by atoms with Crippen molar-refractivity contribution >= 4 is 11.8 Å². The molecule has 5 heteroatoms. The summed E-state index contributed by atoms with van der Waals surface area (Å²) >= 11 is 0. The van der Waals surface area contributed by atoms with Crippen molar-refractivity contribution in [2.24, 2.45) is 5.41 Å². The zero-order valence-corrected chi connectivity index (χ0v) is 14.1. The number of unbranched alkanes of at least 4 members (excludes halogenated alkanes) is 1. The second-order valence-electron chi connectivity index (χ2n) is 6.74. The average molecular weight is 298 g/mol. The summed E-state index contributed by atoms with van der Waals surface area (Å²) in [5, 5.41) is 2.84. The second-order valence-corrected chi connectivity index (χ2v) is 6.74. The van der Waals surface area contributed by atoms with Crippen LogP contribution >= 0.6 is 0 Å². The van der Waals surface area contributed by atoms with E-state index in [0.29, 0.717) is 26.2 Å². The first-order valence-corrected chi connectivity index (χ1v) is 8.01. The molecule has 1 heterocycles. The molecule has 0 aliphatic carbocycles. The standard InChI is InChI=1S/C16H30N2O3/c1-6-8-10-21-11-9-18-13(16(3,4)5)14(19)17-12(7-2)15(18)20/h12-13H,6-11H2,1-5H3,(H,17,19). The van der Waals surface area contributed by atoms with Gasteiger partial charge in [0.25, 0.3) is 0 Å². The number of hydrogen-bond donors (Lipinski definition) is 1. The van der Waals surface area contributed by atoms with Gasteiger partial charge in [-0.3, -0.25) is 9.59 Å². The normalized spacial score (nSPS) is 23.4. The predicted molar refractivity (Wildman–Crippen MR) is 82.9 cm³/mol. The van der Waals surface area contributed by atoms with Gasteiger partial charge in [0.15, 0.2) is 0 Å². The Kier molecular flexibility index (Phi) is 6.65. The molecule has 0 saturated carbocycles. The van der Waals surface area contributed by atoms with Crippen molar-refractivity contribution in [3.63, 3.8) is 0 Å². The predicted octanol–water partition coefficient (Wildman–Crippen LogP) is 1.95. The van der Waals surface area contributed by atoms with Crippen LogP contribution in [0, 0.1) is 5.41 Å². The quantitative estimate of drug-likeness (QED) is 0.731. The van der Waals surface area contributed by atoms with Gasteiger partial charge in [-0.2, -0.15) is 0 Å². The Hall–Kier alpha value is -1.10. The highest BCUT2D eigenvalue weighted by Crippen LogP contribution is 2.28. The summed E-state index contributed by atoms with van der Waals surface area (Å²) in [4.78, 5) is 26.6. The van der Waals surface area contributed by atoms with Crippen LogP contribution in [0.3, 0.4) is 0 Å². The molecule has 0 spiro atoms. The van der Waals surface area contributed by atoms with E-state index in [-0.39, 0.29) is 17.2 Å². The Morgan fingerprint density at radius 2 is 1.86 bits per heavy atom. The molecule has 0 aromatic carbocycles. The van der Waals surface area contributed by atoms with Gasteiger partial charge in [0.1, 0.15) is 12.1 Å². The average Bonchev–Trinajstić information content (AvgIpc) is 2.40. The van der Waals surface area contributed by atoms with E-state index in [4.69, 9.17) is 4.74 Å². The van der Waals surface area contributed by atoms with Crippen molar-refractivity contribution in [3.8, 4) is 0 Å². The highest BCUT2D eigenvalue weighted by molar-refractivity contribution is 5.97. The monoisotopic (exact) mass is 298 g/mol. The molecule has 21 heavy (non-hydrogen) atoms. The van der Waals surface area contributed by atoms with Gasteiger partial charge in [0, 0.05) is 13.2 Å². The first kappa shape index (κ1) is 18.0. The molecule has 1 aliphatic heterocycles. The third-order valence-electron chi connectivity index (χ3n) is 3.81. The molecule has 122 valence electrons. The van der Waals surface area contributed by atoms with Gasteiger partial charge in [0.05, 0.1) is 6.61 Å². The first-order valence-electron chi connectivity index (χ1n) is 8.01. The maximum Gasteiger partial charge on any atom is 0.245 e. The summed E-state index contributed by atoms with van der Waals surface area (Å²) in [6.07, 6.45) is 2.73. The molecule has 1 fully saturated rings. The number of piperazine rings is 1. The van der Waals surface area contributed by atoms with Gasteiger partial charge in [0.2, 0.25) is 11.8 Å². The van der Waals surface area contributed by atoms with Crippen LogP contribution < -0.4 is 5.32 Å². The number of carbonyl (C=O) groups is 2. The van der Waals surface area contributed by atoms with Crippen molar-refractivity contribution in [3.05, 3.63) is 0 Å². The van der Waals surface area contributed by atoms with Crippen LogP contribution in [-0.2, 0) is 14.3 Å². The molecule has 1 saturated heterocycles. The van der Waals surface area contributed by atoms with E-state index in [0.717, 1.165) is 12.8 Å². The Morgan fingerprint density at radius 1 is 1.19 bits per heavy atom. The van der Waals surface area contributed by atoms with Crippen LogP contribution in [0.25, 0.3) is 0 Å². The van der Waals surface area contributed by atoms with Crippen LogP contribution in [0.2, 0.25) is 0 Å². The molecule has 2 unspecified atom stereocenters. The zero-order chi connectivity index (χ0) is 16.0. The second kappa shape index (κ2) is 7.78. The SMILES string of the molecule is CCCCOCCN1C(=O)C(CC)NC(=O)C1C(C)(C)C. The minimum atomic E-state index is -0.428. The van der Waals surface area contributed by atoms with Crippen molar-refractivity contribution in [2.75, 3.05) is 19.8 Å². The summed E-state index contributed by atoms with van der Waals surface area (Å²) in [6.45, 7) is 11.7. The molecule has 2 atom stereocenters. The van der Waals surface area contributed by atoms with E-state index < -0.39 is 12.1 Å². The minimum Gasteiger partial charge on any atom is -0.380 e. The van der Waals surface area contributed by atoms with Crippen molar-refractivity contribution < 1.29 is 14.3 Å². The maximum atomic E-state index is 12.5. The molecule has 0 bridgehead atoms. The smallest absolute Gasteiger partial charge is 0.245 e. The number of nitrogens with one attached hydrogen (secondary N) is 1. The van der Waals surface area contributed by atoms with Crippen LogP contribution in [0.5, 0.6) is 0 Å². The molecule has 1 aliphatic rings. The Bertz CT molecular complexity index is 363. The van der Waals surface area contributed by atoms with E-state index in [2.05, 4.69) is 12.2 Å². The Labute approximate surface area is 128 Å². The van der Waals surface area contributed by atoms with Crippen LogP contribution in [0.4, 0.5) is 0 Å². The fourth-order valence-electron chi connectivity index (χ4n) is 2.67. The number of amides is 2. The summed E-state index contributed by atoms with van der Waals surface area (Å²) < 4.78 is 5.56. The van der Waals surface area contributed by atoms with Crippen LogP contribution in [0.1, 0.15) is 53.9 Å². The molecule has 2 amide bonds. The number of hydrogen-bond acceptors (Lipinski definition) is 3. The minimum absolute atomic E-state index is 0.0103. The third kappa shape index (κ3) is 4.70. The lowest BCUT2D eigenvalue weighted by molar-refractivity contribution is -0.154. The fourth-order valence-corrected chi connectivity index (χ4v) is 2.67. The fraction of sp³-hybridized carbons (Fsp3) is 0.875. The molecule has 1 N–H and O–H groups in total. The van der Waals surface area contributed by atoms with E-state index >= 15 is 0 Å². The zero-order valence-electron chi connectivity index (χ0n) is 14.1. The van der Waals surface area contributed by atoms with Crippen molar-refractivity contribution in [2.45, 2.75) is 66.0 Å². The third-order valence-corrected chi connectivity index (χ3v) is 3.81. The largest absolute Gasteiger partial charge is 0.380 e. The number of ether oxygens (including phenoxy) is 1. The van der Waals surface area contributed by atoms with Gasteiger partial charge in [-0.15, -0.1) is 0 Å². The first-order chi connectivity index (χ1) is 9.82. The summed E-state index contributed by atoms with van der Waals surface area (Å²) in [7, 11) is 0. The molecule has 0 aromatic heterocycles. The van der Waals surface area contributed by atoms with Gasteiger partial charge in [-0.25, -0.2) is 0 Å². The van der Waals surface area contributed by atoms with Crippen LogP contribution in [0.15, 0.2) is 0 Å². The molecular weight excluding hydrogens is 268 g/mol. The Balaban J connectivity index is 2.75. The number of rotatable bonds is 7. The van der Waals surface area contributed by atoms with Gasteiger partial charge < -0.3 is 15.0 Å². The van der Waals surface area contributed by atoms with Crippen LogP contribution in [-0.4, -0.2) is 48.6 Å². The van der Waals surface area contributed by atoms with Crippen molar-refractivity contribution in [1.29, 1.82) is 0 Å². The summed E-state index contributed by atoms with van der Waals surface area (Å²) in [6, 6.07) is -0.825. The molecular formula is C16H30N2O3. The van der Waals surface area contributed by atoms with Gasteiger partial charge in [-0.05, 0) is 18.3 Å². The van der Waals surface area contributed by atoms with Crippen molar-refractivity contribution in [1.82, 2.24) is 10.2 Å². The lowest BCUT2D eigenvalue weighted by atomic mass is 9.83.